The molecule has 6 nitrogen and oxygen atoms in total. The molecule has 0 saturated carbocycles. The third-order valence-corrected chi connectivity index (χ3v) is 7.86. The molecule has 1 amide bonds. The number of hydrogen-bond donors (Lipinski definition) is 0. The van der Waals surface area contributed by atoms with Gasteiger partial charge in [-0.25, -0.2) is 8.42 Å². The largest absolute Gasteiger partial charge is 0.451 e. The lowest BCUT2D eigenvalue weighted by Crippen LogP contribution is -2.39. The van der Waals surface area contributed by atoms with Gasteiger partial charge in [-0.15, -0.1) is 0 Å². The molecule has 1 atom stereocenters. The van der Waals surface area contributed by atoms with Gasteiger partial charge in [-0.3, -0.25) is 4.79 Å². The number of fused-ring (bicyclic) bond motifs is 1. The van der Waals surface area contributed by atoms with Crippen LogP contribution in [0.4, 0.5) is 0 Å². The highest BCUT2D eigenvalue weighted by molar-refractivity contribution is 7.89. The van der Waals surface area contributed by atoms with Crippen LogP contribution in [0.5, 0.6) is 0 Å². The van der Waals surface area contributed by atoms with Crippen LogP contribution in [0.2, 0.25) is 0 Å². The van der Waals surface area contributed by atoms with Crippen molar-refractivity contribution in [3.8, 4) is 0 Å². The lowest BCUT2D eigenvalue weighted by Gasteiger charge is -2.30. The molecule has 2 saturated heterocycles. The Labute approximate surface area is 166 Å². The number of nitrogens with zero attached hydrogens (tertiary/aromatic N) is 2. The third-order valence-electron chi connectivity index (χ3n) is 6.00. The summed E-state index contributed by atoms with van der Waals surface area (Å²) < 4.78 is 33.6. The van der Waals surface area contributed by atoms with E-state index >= 15 is 0 Å². The molecule has 0 aliphatic carbocycles. The molecule has 2 aromatic rings. The Kier molecular flexibility index (Phi) is 5.22. The van der Waals surface area contributed by atoms with Crippen molar-refractivity contribution in [2.24, 2.45) is 5.92 Å². The van der Waals surface area contributed by atoms with Gasteiger partial charge in [-0.2, -0.15) is 4.31 Å². The highest BCUT2D eigenvalue weighted by Crippen LogP contribution is 2.31. The first-order chi connectivity index (χ1) is 13.4. The average Bonchev–Trinajstić information content (AvgIpc) is 3.04. The smallest absolute Gasteiger partial charge is 0.289 e. The Morgan fingerprint density at radius 3 is 2.57 bits per heavy atom. The summed E-state index contributed by atoms with van der Waals surface area (Å²) >= 11 is 0. The molecule has 2 aliphatic heterocycles. The van der Waals surface area contributed by atoms with Gasteiger partial charge in [-0.05, 0) is 63.1 Å². The molecule has 28 heavy (non-hydrogen) atoms. The second kappa shape index (κ2) is 7.52. The molecule has 0 spiro atoms. The van der Waals surface area contributed by atoms with Crippen LogP contribution in [0.3, 0.4) is 0 Å². The van der Waals surface area contributed by atoms with Gasteiger partial charge >= 0.3 is 0 Å². The Balaban J connectivity index is 1.67. The zero-order valence-electron chi connectivity index (χ0n) is 16.6. The van der Waals surface area contributed by atoms with E-state index in [0.29, 0.717) is 35.7 Å². The van der Waals surface area contributed by atoms with Crippen molar-refractivity contribution < 1.29 is 17.6 Å². The molecular weight excluding hydrogens is 376 g/mol. The van der Waals surface area contributed by atoms with E-state index < -0.39 is 10.0 Å². The number of amides is 1. The maximum atomic E-state index is 13.1. The van der Waals surface area contributed by atoms with Crippen molar-refractivity contribution in [1.82, 2.24) is 9.21 Å². The number of sulfonamides is 1. The lowest BCUT2D eigenvalue weighted by molar-refractivity contribution is 0.0693. The molecule has 1 aromatic carbocycles. The molecule has 1 aromatic heterocycles. The van der Waals surface area contributed by atoms with Crippen LogP contribution in [0.15, 0.2) is 27.5 Å². The topological polar surface area (TPSA) is 70.8 Å². The number of carbonyl (C=O) groups is 1. The molecule has 1 unspecified atom stereocenters. The standard InChI is InChI=1S/C21H28N2O4S/c1-15-7-6-12-23(14-15)28(25,26)17-8-9-19-18(13-17)16(2)20(27-19)21(24)22-10-4-3-5-11-22/h8-9,13,15H,3-7,10-12,14H2,1-2H3. The van der Waals surface area contributed by atoms with Crippen LogP contribution in [0.25, 0.3) is 11.0 Å². The number of likely N-dealkylation sites (tertiary alicyclic amines) is 1. The van der Waals surface area contributed by atoms with Crippen LogP contribution in [0.1, 0.15) is 55.1 Å². The maximum Gasteiger partial charge on any atom is 0.289 e. The summed E-state index contributed by atoms with van der Waals surface area (Å²) in [5.41, 5.74) is 1.28. The van der Waals surface area contributed by atoms with E-state index in [2.05, 4.69) is 6.92 Å². The number of benzene rings is 1. The monoisotopic (exact) mass is 404 g/mol. The van der Waals surface area contributed by atoms with Crippen molar-refractivity contribution in [2.75, 3.05) is 26.2 Å². The highest BCUT2D eigenvalue weighted by atomic mass is 32.2. The first kappa shape index (κ1) is 19.5. The fourth-order valence-electron chi connectivity index (χ4n) is 4.32. The summed E-state index contributed by atoms with van der Waals surface area (Å²) in [6.07, 6.45) is 5.14. The fourth-order valence-corrected chi connectivity index (χ4v) is 5.94. The van der Waals surface area contributed by atoms with E-state index in [4.69, 9.17) is 4.42 Å². The quantitative estimate of drug-likeness (QED) is 0.780. The highest BCUT2D eigenvalue weighted by Gasteiger charge is 2.30. The van der Waals surface area contributed by atoms with Crippen LogP contribution in [-0.4, -0.2) is 49.7 Å². The number of rotatable bonds is 3. The van der Waals surface area contributed by atoms with E-state index in [0.717, 1.165) is 50.8 Å². The van der Waals surface area contributed by atoms with Crippen LogP contribution >= 0.6 is 0 Å². The minimum atomic E-state index is -3.54. The van der Waals surface area contributed by atoms with Crippen molar-refractivity contribution in [3.63, 3.8) is 0 Å². The fraction of sp³-hybridized carbons (Fsp3) is 0.571. The molecule has 2 aliphatic rings. The van der Waals surface area contributed by atoms with Gasteiger partial charge in [0.1, 0.15) is 5.58 Å². The minimum absolute atomic E-state index is 0.0948. The average molecular weight is 405 g/mol. The minimum Gasteiger partial charge on any atom is -0.451 e. The predicted molar refractivity (Wildman–Crippen MR) is 108 cm³/mol. The molecular formula is C21H28N2O4S. The SMILES string of the molecule is Cc1c(C(=O)N2CCCCC2)oc2ccc(S(=O)(=O)N3CCCC(C)C3)cc12. The van der Waals surface area contributed by atoms with Gasteiger partial charge in [0.25, 0.3) is 5.91 Å². The summed E-state index contributed by atoms with van der Waals surface area (Å²) in [7, 11) is -3.54. The van der Waals surface area contributed by atoms with E-state index in [1.54, 1.807) is 22.5 Å². The van der Waals surface area contributed by atoms with E-state index in [9.17, 15) is 13.2 Å². The Hall–Kier alpha value is -1.86. The third kappa shape index (κ3) is 3.46. The summed E-state index contributed by atoms with van der Waals surface area (Å²) in [4.78, 5) is 15.0. The number of piperidine rings is 2. The summed E-state index contributed by atoms with van der Waals surface area (Å²) in [5.74, 6) is 0.609. The molecule has 2 fully saturated rings. The van der Waals surface area contributed by atoms with Gasteiger partial charge in [0, 0.05) is 37.1 Å². The zero-order valence-corrected chi connectivity index (χ0v) is 17.4. The normalized spacial score (nSPS) is 21.9. The molecule has 3 heterocycles. The number of aryl methyl sites for hydroxylation is 1. The number of furan rings is 1. The summed E-state index contributed by atoms with van der Waals surface area (Å²) in [6.45, 7) is 6.55. The Morgan fingerprint density at radius 1 is 1.11 bits per heavy atom. The van der Waals surface area contributed by atoms with Gasteiger partial charge in [-0.1, -0.05) is 6.92 Å². The van der Waals surface area contributed by atoms with E-state index in [1.165, 1.54) is 0 Å². The summed E-state index contributed by atoms with van der Waals surface area (Å²) in [5, 5.41) is 0.700. The van der Waals surface area contributed by atoms with Gasteiger partial charge in [0.05, 0.1) is 4.90 Å². The predicted octanol–water partition coefficient (Wildman–Crippen LogP) is 3.79. The van der Waals surface area contributed by atoms with Crippen molar-refractivity contribution >= 4 is 26.9 Å². The van der Waals surface area contributed by atoms with Crippen molar-refractivity contribution in [1.29, 1.82) is 0 Å². The van der Waals surface area contributed by atoms with Crippen molar-refractivity contribution in [3.05, 3.63) is 29.5 Å². The lowest BCUT2D eigenvalue weighted by atomic mass is 10.0. The van der Waals surface area contributed by atoms with Crippen LogP contribution in [0, 0.1) is 12.8 Å². The van der Waals surface area contributed by atoms with Crippen molar-refractivity contribution in [2.45, 2.75) is 50.8 Å². The first-order valence-corrected chi connectivity index (χ1v) is 11.6. The first-order valence-electron chi connectivity index (χ1n) is 10.2. The number of hydrogen-bond acceptors (Lipinski definition) is 4. The Morgan fingerprint density at radius 2 is 1.86 bits per heavy atom. The molecule has 0 N–H and O–H groups in total. The second-order valence-electron chi connectivity index (χ2n) is 8.18. The maximum absolute atomic E-state index is 13.1. The van der Waals surface area contributed by atoms with Crippen LogP contribution in [-0.2, 0) is 10.0 Å². The molecule has 0 bridgehead atoms. The van der Waals surface area contributed by atoms with E-state index in [-0.39, 0.29) is 10.8 Å². The number of carbonyl (C=O) groups excluding carboxylic acids is 1. The molecule has 4 rings (SSSR count). The van der Waals surface area contributed by atoms with Crippen LogP contribution < -0.4 is 0 Å². The van der Waals surface area contributed by atoms with Gasteiger partial charge < -0.3 is 9.32 Å². The molecule has 7 heteroatoms. The summed E-state index contributed by atoms with van der Waals surface area (Å²) in [6, 6.07) is 4.93. The molecule has 0 radical (unpaired) electrons. The Bertz CT molecular complexity index is 989. The second-order valence-corrected chi connectivity index (χ2v) is 10.1. The molecule has 152 valence electrons. The van der Waals surface area contributed by atoms with E-state index in [1.807, 2.05) is 11.8 Å². The zero-order chi connectivity index (χ0) is 19.9. The van der Waals surface area contributed by atoms with Gasteiger partial charge in [0.2, 0.25) is 10.0 Å². The van der Waals surface area contributed by atoms with Gasteiger partial charge in [0.15, 0.2) is 5.76 Å².